The third kappa shape index (κ3) is 6.75. The van der Waals surface area contributed by atoms with Crippen molar-refractivity contribution < 1.29 is 19.1 Å². The highest BCUT2D eigenvalue weighted by Gasteiger charge is 2.37. The number of rotatable bonds is 9. The Balaban J connectivity index is 1.43. The summed E-state index contributed by atoms with van der Waals surface area (Å²) in [5.74, 6) is 0.900. The summed E-state index contributed by atoms with van der Waals surface area (Å²) in [5.41, 5.74) is 3.14. The standard InChI is InChI=1S/C29H31N5O4S/c1-19-13-20(2)32-29(31-19)39-17-26(35)34(16-21-7-6-12-30-15-21)27(22-8-4-3-5-9-22)28(36)33-23-10-11-24-25(14-23)38-18-37-24/h3-4,6-7,10-15,22,27H,5,8-9,16-18H2,1-2H3,(H,33,36)/t22-,27-/m1/s1. The number of thioether (sulfide) groups is 1. The average molecular weight is 546 g/mol. The summed E-state index contributed by atoms with van der Waals surface area (Å²) >= 11 is 1.28. The highest BCUT2D eigenvalue weighted by Crippen LogP contribution is 2.35. The number of carbonyl (C=O) groups excluding carboxylic acids is 2. The number of benzene rings is 1. The van der Waals surface area contributed by atoms with E-state index >= 15 is 0 Å². The molecule has 5 rings (SSSR count). The van der Waals surface area contributed by atoms with Gasteiger partial charge < -0.3 is 19.7 Å². The number of hydrogen-bond donors (Lipinski definition) is 1. The lowest BCUT2D eigenvalue weighted by atomic mass is 9.86. The number of allylic oxidation sites excluding steroid dienone is 2. The van der Waals surface area contributed by atoms with Crippen molar-refractivity contribution in [2.45, 2.75) is 50.9 Å². The molecule has 0 unspecified atom stereocenters. The molecule has 3 aromatic rings. The number of ether oxygens (including phenoxy) is 2. The van der Waals surface area contributed by atoms with Gasteiger partial charge >= 0.3 is 0 Å². The van der Waals surface area contributed by atoms with Gasteiger partial charge in [0, 0.05) is 42.1 Å². The minimum Gasteiger partial charge on any atom is -0.454 e. The van der Waals surface area contributed by atoms with Gasteiger partial charge in [0.25, 0.3) is 0 Å². The number of carbonyl (C=O) groups is 2. The molecule has 39 heavy (non-hydrogen) atoms. The maximum atomic E-state index is 14.0. The fourth-order valence-corrected chi connectivity index (χ4v) is 5.74. The lowest BCUT2D eigenvalue weighted by molar-refractivity contribution is -0.139. The van der Waals surface area contributed by atoms with Crippen molar-refractivity contribution in [2.24, 2.45) is 5.92 Å². The largest absolute Gasteiger partial charge is 0.454 e. The molecular weight excluding hydrogens is 514 g/mol. The number of nitrogens with one attached hydrogen (secondary N) is 1. The first-order chi connectivity index (χ1) is 19.0. The zero-order valence-electron chi connectivity index (χ0n) is 22.0. The summed E-state index contributed by atoms with van der Waals surface area (Å²) in [6.45, 7) is 4.23. The summed E-state index contributed by atoms with van der Waals surface area (Å²) in [7, 11) is 0. The topological polar surface area (TPSA) is 107 Å². The van der Waals surface area contributed by atoms with E-state index < -0.39 is 6.04 Å². The van der Waals surface area contributed by atoms with Crippen molar-refractivity contribution in [3.63, 3.8) is 0 Å². The van der Waals surface area contributed by atoms with Crippen LogP contribution < -0.4 is 14.8 Å². The van der Waals surface area contributed by atoms with E-state index in [1.165, 1.54) is 11.8 Å². The predicted molar refractivity (Wildman–Crippen MR) is 148 cm³/mol. The van der Waals surface area contributed by atoms with Crippen molar-refractivity contribution in [3.8, 4) is 11.5 Å². The average Bonchev–Trinajstić information content (AvgIpc) is 3.40. The van der Waals surface area contributed by atoms with Gasteiger partial charge in [0.15, 0.2) is 16.7 Å². The molecule has 2 atom stereocenters. The number of aryl methyl sites for hydroxylation is 2. The van der Waals surface area contributed by atoms with Crippen molar-refractivity contribution in [1.29, 1.82) is 0 Å². The molecule has 2 amide bonds. The smallest absolute Gasteiger partial charge is 0.247 e. The van der Waals surface area contributed by atoms with Crippen LogP contribution in [-0.2, 0) is 16.1 Å². The van der Waals surface area contributed by atoms with Gasteiger partial charge in [-0.15, -0.1) is 0 Å². The number of hydrogen-bond acceptors (Lipinski definition) is 8. The first-order valence-corrected chi connectivity index (χ1v) is 13.9. The lowest BCUT2D eigenvalue weighted by Crippen LogP contribution is -2.51. The second-order valence-corrected chi connectivity index (χ2v) is 10.6. The maximum absolute atomic E-state index is 14.0. The van der Waals surface area contributed by atoms with Crippen molar-refractivity contribution in [1.82, 2.24) is 19.9 Å². The second kappa shape index (κ2) is 12.3. The van der Waals surface area contributed by atoms with Crippen LogP contribution in [0.2, 0.25) is 0 Å². The van der Waals surface area contributed by atoms with Crippen LogP contribution >= 0.6 is 11.8 Å². The van der Waals surface area contributed by atoms with Crippen LogP contribution in [0.1, 0.15) is 36.2 Å². The van der Waals surface area contributed by atoms with Crippen LogP contribution in [0.4, 0.5) is 5.69 Å². The predicted octanol–water partition coefficient (Wildman–Crippen LogP) is 4.70. The van der Waals surface area contributed by atoms with Gasteiger partial charge in [-0.05, 0) is 68.9 Å². The summed E-state index contributed by atoms with van der Waals surface area (Å²) < 4.78 is 10.9. The molecule has 0 bridgehead atoms. The van der Waals surface area contributed by atoms with Gasteiger partial charge in [-0.25, -0.2) is 9.97 Å². The minimum absolute atomic E-state index is 0.0351. The Bertz CT molecular complexity index is 1350. The first-order valence-electron chi connectivity index (χ1n) is 13.0. The molecule has 9 nitrogen and oxygen atoms in total. The molecule has 0 saturated heterocycles. The highest BCUT2D eigenvalue weighted by molar-refractivity contribution is 7.99. The minimum atomic E-state index is -0.686. The van der Waals surface area contributed by atoms with Crippen molar-refractivity contribution in [2.75, 3.05) is 17.9 Å². The Morgan fingerprint density at radius 1 is 1.10 bits per heavy atom. The van der Waals surface area contributed by atoms with Crippen LogP contribution in [-0.4, -0.2) is 50.3 Å². The van der Waals surface area contributed by atoms with E-state index in [0.29, 0.717) is 28.8 Å². The van der Waals surface area contributed by atoms with E-state index in [1.54, 1.807) is 35.5 Å². The molecule has 3 heterocycles. The summed E-state index contributed by atoms with van der Waals surface area (Å²) in [6, 6.07) is 10.3. The fraction of sp³-hybridized carbons (Fsp3) is 0.345. The molecule has 10 heteroatoms. The lowest BCUT2D eigenvalue weighted by Gasteiger charge is -2.37. The summed E-state index contributed by atoms with van der Waals surface area (Å²) in [5, 5.41) is 3.58. The fourth-order valence-electron chi connectivity index (χ4n) is 4.90. The van der Waals surface area contributed by atoms with Gasteiger partial charge in [-0.3, -0.25) is 14.6 Å². The van der Waals surface area contributed by atoms with E-state index in [0.717, 1.165) is 29.8 Å². The van der Waals surface area contributed by atoms with Crippen LogP contribution in [0.25, 0.3) is 0 Å². The quantitative estimate of drug-likeness (QED) is 0.234. The van der Waals surface area contributed by atoms with Gasteiger partial charge in [-0.2, -0.15) is 0 Å². The van der Waals surface area contributed by atoms with Gasteiger partial charge in [0.05, 0.1) is 5.75 Å². The molecule has 1 aromatic carbocycles. The Kier molecular flexibility index (Phi) is 8.41. The van der Waals surface area contributed by atoms with E-state index in [9.17, 15) is 9.59 Å². The van der Waals surface area contributed by atoms with Crippen LogP contribution in [0, 0.1) is 19.8 Å². The Morgan fingerprint density at radius 3 is 2.67 bits per heavy atom. The molecule has 1 N–H and O–H groups in total. The molecule has 0 fully saturated rings. The van der Waals surface area contributed by atoms with Crippen molar-refractivity contribution in [3.05, 3.63) is 77.9 Å². The molecule has 0 radical (unpaired) electrons. The Morgan fingerprint density at radius 2 is 1.92 bits per heavy atom. The number of fused-ring (bicyclic) bond motifs is 1. The molecule has 0 saturated carbocycles. The first kappa shape index (κ1) is 26.7. The monoisotopic (exact) mass is 545 g/mol. The zero-order valence-corrected chi connectivity index (χ0v) is 22.8. The van der Waals surface area contributed by atoms with E-state index in [1.807, 2.05) is 32.0 Å². The SMILES string of the molecule is Cc1cc(C)nc(SCC(=O)N(Cc2cccnc2)[C@@H](C(=O)Nc2ccc3c(c2)OCO3)[C@@H]2CC=CCC2)n1. The third-order valence-corrected chi connectivity index (χ3v) is 7.52. The zero-order chi connectivity index (χ0) is 27.2. The third-order valence-electron chi connectivity index (χ3n) is 6.68. The van der Waals surface area contributed by atoms with Gasteiger partial charge in [0.1, 0.15) is 6.04 Å². The van der Waals surface area contributed by atoms with Crippen LogP contribution in [0.5, 0.6) is 11.5 Å². The molecule has 2 aliphatic rings. The van der Waals surface area contributed by atoms with Crippen LogP contribution in [0.15, 0.2) is 66.1 Å². The Labute approximate surface area is 232 Å². The highest BCUT2D eigenvalue weighted by atomic mass is 32.2. The number of anilines is 1. The van der Waals surface area contributed by atoms with Gasteiger partial charge in [0.2, 0.25) is 18.6 Å². The van der Waals surface area contributed by atoms with Crippen LogP contribution in [0.3, 0.4) is 0 Å². The Hall–Kier alpha value is -3.92. The van der Waals surface area contributed by atoms with Crippen molar-refractivity contribution >= 4 is 29.3 Å². The number of nitrogens with zero attached hydrogens (tertiary/aromatic N) is 4. The molecule has 0 spiro atoms. The second-order valence-electron chi connectivity index (χ2n) is 9.65. The summed E-state index contributed by atoms with van der Waals surface area (Å²) in [6.07, 6.45) is 10.0. The van der Waals surface area contributed by atoms with E-state index in [4.69, 9.17) is 9.47 Å². The molecular formula is C29H31N5O4S. The number of pyridine rings is 1. The molecule has 202 valence electrons. The number of amides is 2. The molecule has 1 aliphatic carbocycles. The normalized spacial score (nSPS) is 16.5. The molecule has 1 aliphatic heterocycles. The number of aromatic nitrogens is 3. The van der Waals surface area contributed by atoms with Gasteiger partial charge in [-0.1, -0.05) is 30.0 Å². The van der Waals surface area contributed by atoms with E-state index in [2.05, 4.69) is 32.4 Å². The van der Waals surface area contributed by atoms with E-state index in [-0.39, 0.29) is 36.8 Å². The molecule has 2 aromatic heterocycles. The maximum Gasteiger partial charge on any atom is 0.247 e. The summed E-state index contributed by atoms with van der Waals surface area (Å²) in [4.78, 5) is 42.7.